The Morgan fingerprint density at radius 3 is 2.51 bits per heavy atom. The van der Waals surface area contributed by atoms with Crippen molar-refractivity contribution in [3.63, 3.8) is 0 Å². The summed E-state index contributed by atoms with van der Waals surface area (Å²) in [5.74, 6) is 0.00440. The second kappa shape index (κ2) is 13.1. The molecule has 182 valence electrons. The minimum atomic E-state index is -0.543. The first kappa shape index (κ1) is 26.5. The molecule has 0 fully saturated rings. The van der Waals surface area contributed by atoms with E-state index in [0.717, 1.165) is 5.56 Å². The van der Waals surface area contributed by atoms with Crippen molar-refractivity contribution in [2.45, 2.75) is 20.0 Å². The summed E-state index contributed by atoms with van der Waals surface area (Å²) in [7, 11) is 0. The Balaban J connectivity index is 1.61. The molecule has 2 N–H and O–H groups in total. The molecule has 0 unspecified atom stereocenters. The van der Waals surface area contributed by atoms with E-state index in [0.29, 0.717) is 43.9 Å². The highest BCUT2D eigenvalue weighted by atomic mass is 79.9. The number of nitrogens with zero attached hydrogens (tertiary/aromatic N) is 1. The molecule has 0 radical (unpaired) electrons. The molecule has 3 aromatic carbocycles. The van der Waals surface area contributed by atoms with Crippen LogP contribution in [0.4, 0.5) is 5.69 Å². The van der Waals surface area contributed by atoms with Crippen molar-refractivity contribution in [2.75, 3.05) is 11.9 Å². The molecule has 0 aliphatic rings. The Morgan fingerprint density at radius 1 is 1.03 bits per heavy atom. The summed E-state index contributed by atoms with van der Waals surface area (Å²) < 4.78 is 12.3. The van der Waals surface area contributed by atoms with E-state index in [1.165, 1.54) is 6.21 Å². The molecule has 0 spiro atoms. The second-order valence-electron chi connectivity index (χ2n) is 7.17. The summed E-state index contributed by atoms with van der Waals surface area (Å²) in [6.45, 7) is 2.48. The Bertz CT molecular complexity index is 1220. The largest absolute Gasteiger partial charge is 0.490 e. The SMILES string of the molecule is CCOc1cc(C=NNC(=O)CC(=O)Nc2ccccc2)cc(Br)c1OCc1ccc(Cl)cc1Cl. The highest BCUT2D eigenvalue weighted by Gasteiger charge is 2.14. The number of rotatable bonds is 10. The average Bonchev–Trinajstić information content (AvgIpc) is 2.80. The molecule has 0 heterocycles. The van der Waals surface area contributed by atoms with Crippen molar-refractivity contribution in [3.8, 4) is 11.5 Å². The Morgan fingerprint density at radius 2 is 1.80 bits per heavy atom. The number of hydrogen-bond donors (Lipinski definition) is 2. The van der Waals surface area contributed by atoms with Crippen molar-refractivity contribution in [3.05, 3.63) is 86.3 Å². The van der Waals surface area contributed by atoms with E-state index in [-0.39, 0.29) is 13.0 Å². The maximum Gasteiger partial charge on any atom is 0.249 e. The third-order valence-electron chi connectivity index (χ3n) is 4.50. The van der Waals surface area contributed by atoms with Gasteiger partial charge in [-0.3, -0.25) is 9.59 Å². The van der Waals surface area contributed by atoms with Crippen LogP contribution in [0.5, 0.6) is 11.5 Å². The number of benzene rings is 3. The molecule has 0 aromatic heterocycles. The molecule has 35 heavy (non-hydrogen) atoms. The first-order valence-corrected chi connectivity index (χ1v) is 12.1. The van der Waals surface area contributed by atoms with Crippen LogP contribution < -0.4 is 20.2 Å². The van der Waals surface area contributed by atoms with Crippen LogP contribution in [-0.2, 0) is 16.2 Å². The maximum atomic E-state index is 12.0. The van der Waals surface area contributed by atoms with Crippen molar-refractivity contribution in [1.82, 2.24) is 5.43 Å². The number of amides is 2. The summed E-state index contributed by atoms with van der Waals surface area (Å²) in [6, 6.07) is 17.6. The summed E-state index contributed by atoms with van der Waals surface area (Å²) >= 11 is 15.7. The zero-order valence-corrected chi connectivity index (χ0v) is 21.8. The summed E-state index contributed by atoms with van der Waals surface area (Å²) in [5.41, 5.74) is 4.38. The minimum absolute atomic E-state index is 0.212. The van der Waals surface area contributed by atoms with Gasteiger partial charge in [-0.05, 0) is 64.8 Å². The molecule has 0 atom stereocenters. The second-order valence-corrected chi connectivity index (χ2v) is 8.87. The van der Waals surface area contributed by atoms with E-state index in [1.54, 1.807) is 54.6 Å². The van der Waals surface area contributed by atoms with Crippen LogP contribution in [0.25, 0.3) is 0 Å². The van der Waals surface area contributed by atoms with Crippen molar-refractivity contribution in [2.24, 2.45) is 5.10 Å². The average molecular weight is 579 g/mol. The summed E-state index contributed by atoms with van der Waals surface area (Å²) in [6.07, 6.45) is 1.08. The van der Waals surface area contributed by atoms with Crippen molar-refractivity contribution >= 4 is 62.8 Å². The van der Waals surface area contributed by atoms with Crippen LogP contribution in [0.2, 0.25) is 10.0 Å². The van der Waals surface area contributed by atoms with Gasteiger partial charge in [-0.25, -0.2) is 5.43 Å². The normalized spacial score (nSPS) is 10.7. The number of nitrogens with one attached hydrogen (secondary N) is 2. The molecular formula is C25H22BrCl2N3O4. The van der Waals surface area contributed by atoms with Crippen LogP contribution in [0.1, 0.15) is 24.5 Å². The van der Waals surface area contributed by atoms with Crippen LogP contribution in [0.3, 0.4) is 0 Å². The van der Waals surface area contributed by atoms with Gasteiger partial charge in [-0.1, -0.05) is 47.5 Å². The number of hydrogen-bond acceptors (Lipinski definition) is 5. The lowest BCUT2D eigenvalue weighted by Gasteiger charge is -2.15. The van der Waals surface area contributed by atoms with Gasteiger partial charge < -0.3 is 14.8 Å². The van der Waals surface area contributed by atoms with Gasteiger partial charge in [0.25, 0.3) is 0 Å². The third-order valence-corrected chi connectivity index (χ3v) is 5.68. The molecule has 0 aliphatic carbocycles. The highest BCUT2D eigenvalue weighted by Crippen LogP contribution is 2.37. The molecule has 0 aliphatic heterocycles. The van der Waals surface area contributed by atoms with Crippen LogP contribution in [0, 0.1) is 0 Å². The predicted molar refractivity (Wildman–Crippen MR) is 142 cm³/mol. The van der Waals surface area contributed by atoms with Crippen LogP contribution in [0.15, 0.2) is 70.2 Å². The van der Waals surface area contributed by atoms with Gasteiger partial charge in [0.05, 0.1) is 17.3 Å². The van der Waals surface area contributed by atoms with Gasteiger partial charge in [-0.15, -0.1) is 0 Å². The molecule has 7 nitrogen and oxygen atoms in total. The van der Waals surface area contributed by atoms with E-state index in [4.69, 9.17) is 32.7 Å². The first-order valence-electron chi connectivity index (χ1n) is 10.6. The van der Waals surface area contributed by atoms with E-state index in [1.807, 2.05) is 13.0 Å². The van der Waals surface area contributed by atoms with Gasteiger partial charge in [0.1, 0.15) is 13.0 Å². The van der Waals surface area contributed by atoms with Gasteiger partial charge in [0.15, 0.2) is 11.5 Å². The fraction of sp³-hybridized carbons (Fsp3) is 0.160. The monoisotopic (exact) mass is 577 g/mol. The summed E-state index contributed by atoms with van der Waals surface area (Å²) in [4.78, 5) is 24.0. The fourth-order valence-corrected chi connectivity index (χ4v) is 3.98. The van der Waals surface area contributed by atoms with Gasteiger partial charge in [0, 0.05) is 21.3 Å². The molecule has 0 bridgehead atoms. The number of ether oxygens (including phenoxy) is 2. The molecule has 0 saturated carbocycles. The van der Waals surface area contributed by atoms with Gasteiger partial charge >= 0.3 is 0 Å². The molecule has 3 rings (SSSR count). The molecular weight excluding hydrogens is 557 g/mol. The lowest BCUT2D eigenvalue weighted by Crippen LogP contribution is -2.24. The highest BCUT2D eigenvalue weighted by molar-refractivity contribution is 9.10. The minimum Gasteiger partial charge on any atom is -0.490 e. The Hall–Kier alpha value is -3.07. The van der Waals surface area contributed by atoms with Crippen molar-refractivity contribution in [1.29, 1.82) is 0 Å². The van der Waals surface area contributed by atoms with Crippen LogP contribution in [-0.4, -0.2) is 24.6 Å². The smallest absolute Gasteiger partial charge is 0.249 e. The summed E-state index contributed by atoms with van der Waals surface area (Å²) in [5, 5.41) is 7.63. The number of carbonyl (C=O) groups excluding carboxylic acids is 2. The fourth-order valence-electron chi connectivity index (χ4n) is 2.94. The zero-order valence-electron chi connectivity index (χ0n) is 18.7. The first-order chi connectivity index (χ1) is 16.9. The molecule has 3 aromatic rings. The maximum absolute atomic E-state index is 12.0. The van der Waals surface area contributed by atoms with Crippen LogP contribution >= 0.6 is 39.1 Å². The van der Waals surface area contributed by atoms with Gasteiger partial charge in [0.2, 0.25) is 11.8 Å². The third kappa shape index (κ3) is 8.28. The van der Waals surface area contributed by atoms with E-state index in [9.17, 15) is 9.59 Å². The number of para-hydroxylation sites is 1. The van der Waals surface area contributed by atoms with E-state index < -0.39 is 11.8 Å². The Kier molecular flexibility index (Phi) is 9.96. The quantitative estimate of drug-likeness (QED) is 0.170. The predicted octanol–water partition coefficient (Wildman–Crippen LogP) is 6.21. The number of carbonyl (C=O) groups is 2. The topological polar surface area (TPSA) is 89.0 Å². The Labute approximate surface area is 221 Å². The molecule has 0 saturated heterocycles. The lowest BCUT2D eigenvalue weighted by atomic mass is 10.2. The molecule has 2 amide bonds. The van der Waals surface area contributed by atoms with Crippen molar-refractivity contribution < 1.29 is 19.1 Å². The number of anilines is 1. The van der Waals surface area contributed by atoms with E-state index >= 15 is 0 Å². The lowest BCUT2D eigenvalue weighted by molar-refractivity contribution is -0.126. The number of halogens is 3. The van der Waals surface area contributed by atoms with E-state index in [2.05, 4.69) is 31.8 Å². The van der Waals surface area contributed by atoms with Gasteiger partial charge in [-0.2, -0.15) is 5.10 Å². The number of hydrazone groups is 1. The zero-order chi connectivity index (χ0) is 25.2. The standard InChI is InChI=1S/C25H22BrCl2N3O4/c1-2-34-22-11-16(10-20(26)25(22)35-15-17-8-9-18(27)12-21(17)28)14-29-31-24(33)13-23(32)30-19-6-4-3-5-7-19/h3-12,14H,2,13,15H2,1H3,(H,30,32)(H,31,33). The molecule has 10 heteroatoms.